The SMILES string of the molecule is OC1CCCc2c(OCc3nccn3C(F)F)cccc21. The van der Waals surface area contributed by atoms with Gasteiger partial charge in [0, 0.05) is 12.4 Å². The molecule has 1 aliphatic carbocycles. The normalized spacial score (nSPS) is 17.8. The number of hydrogen-bond acceptors (Lipinski definition) is 3. The lowest BCUT2D eigenvalue weighted by Gasteiger charge is -2.23. The summed E-state index contributed by atoms with van der Waals surface area (Å²) in [4.78, 5) is 3.89. The average Bonchev–Trinajstić information content (AvgIpc) is 2.94. The van der Waals surface area contributed by atoms with Crippen LogP contribution in [0.1, 0.15) is 42.4 Å². The molecule has 0 radical (unpaired) electrons. The zero-order valence-corrected chi connectivity index (χ0v) is 11.4. The Labute approximate surface area is 121 Å². The fourth-order valence-corrected chi connectivity index (χ4v) is 2.70. The van der Waals surface area contributed by atoms with Crippen molar-refractivity contribution < 1.29 is 18.6 Å². The van der Waals surface area contributed by atoms with E-state index in [2.05, 4.69) is 4.98 Å². The summed E-state index contributed by atoms with van der Waals surface area (Å²) in [6.45, 7) is -2.65. The second kappa shape index (κ2) is 5.81. The predicted octanol–water partition coefficient (Wildman–Crippen LogP) is 3.23. The molecule has 3 rings (SSSR count). The van der Waals surface area contributed by atoms with Crippen LogP contribution >= 0.6 is 0 Å². The van der Waals surface area contributed by atoms with E-state index in [-0.39, 0.29) is 12.4 Å². The van der Waals surface area contributed by atoms with Gasteiger partial charge in [0.2, 0.25) is 0 Å². The molecule has 0 aliphatic heterocycles. The van der Waals surface area contributed by atoms with Gasteiger partial charge in [-0.15, -0.1) is 0 Å². The zero-order chi connectivity index (χ0) is 14.8. The van der Waals surface area contributed by atoms with Crippen LogP contribution in [-0.4, -0.2) is 14.7 Å². The Bertz CT molecular complexity index is 628. The van der Waals surface area contributed by atoms with E-state index in [1.165, 1.54) is 12.4 Å². The molecule has 112 valence electrons. The van der Waals surface area contributed by atoms with Crippen molar-refractivity contribution in [3.63, 3.8) is 0 Å². The average molecular weight is 294 g/mol. The second-order valence-electron chi connectivity index (χ2n) is 5.05. The topological polar surface area (TPSA) is 47.3 Å². The Kier molecular flexibility index (Phi) is 3.88. The number of ether oxygens (including phenoxy) is 1. The smallest absolute Gasteiger partial charge is 0.320 e. The van der Waals surface area contributed by atoms with Gasteiger partial charge in [-0.25, -0.2) is 4.98 Å². The molecule has 1 N–H and O–H groups in total. The van der Waals surface area contributed by atoms with Crippen LogP contribution < -0.4 is 4.74 Å². The summed E-state index contributed by atoms with van der Waals surface area (Å²) in [7, 11) is 0. The molecule has 0 spiro atoms. The summed E-state index contributed by atoms with van der Waals surface area (Å²) in [5, 5.41) is 9.98. The highest BCUT2D eigenvalue weighted by Crippen LogP contribution is 2.35. The number of rotatable bonds is 4. The number of halogens is 2. The lowest BCUT2D eigenvalue weighted by atomic mass is 9.89. The first-order valence-corrected chi connectivity index (χ1v) is 6.89. The molecule has 0 bridgehead atoms. The van der Waals surface area contributed by atoms with E-state index in [0.717, 1.165) is 35.0 Å². The maximum absolute atomic E-state index is 12.7. The molecular weight excluding hydrogens is 278 g/mol. The quantitative estimate of drug-likeness (QED) is 0.941. The fraction of sp³-hybridized carbons (Fsp3) is 0.400. The van der Waals surface area contributed by atoms with Gasteiger partial charge in [0.05, 0.1) is 6.10 Å². The summed E-state index contributed by atoms with van der Waals surface area (Å²) >= 11 is 0. The third kappa shape index (κ3) is 2.76. The fourth-order valence-electron chi connectivity index (χ4n) is 2.70. The highest BCUT2D eigenvalue weighted by Gasteiger charge is 2.21. The summed E-state index contributed by atoms with van der Waals surface area (Å²) in [6.07, 6.45) is 4.54. The van der Waals surface area contributed by atoms with Gasteiger partial charge in [-0.2, -0.15) is 8.78 Å². The maximum Gasteiger partial charge on any atom is 0.320 e. The summed E-state index contributed by atoms with van der Waals surface area (Å²) in [5.41, 5.74) is 1.84. The minimum Gasteiger partial charge on any atom is -0.485 e. The van der Waals surface area contributed by atoms with Crippen molar-refractivity contribution in [1.29, 1.82) is 0 Å². The highest BCUT2D eigenvalue weighted by molar-refractivity contribution is 5.42. The number of aromatic nitrogens is 2. The lowest BCUT2D eigenvalue weighted by molar-refractivity contribution is 0.0631. The molecule has 1 aliphatic rings. The molecule has 1 heterocycles. The van der Waals surface area contributed by atoms with Crippen LogP contribution in [0.4, 0.5) is 8.78 Å². The molecule has 2 aromatic rings. The van der Waals surface area contributed by atoms with Crippen molar-refractivity contribution >= 4 is 0 Å². The molecule has 1 aromatic carbocycles. The molecule has 0 amide bonds. The highest BCUT2D eigenvalue weighted by atomic mass is 19.3. The van der Waals surface area contributed by atoms with Crippen molar-refractivity contribution in [2.75, 3.05) is 0 Å². The first kappa shape index (κ1) is 14.0. The second-order valence-corrected chi connectivity index (χ2v) is 5.05. The van der Waals surface area contributed by atoms with Crippen molar-refractivity contribution in [3.05, 3.63) is 47.5 Å². The van der Waals surface area contributed by atoms with E-state index in [9.17, 15) is 13.9 Å². The zero-order valence-electron chi connectivity index (χ0n) is 11.4. The van der Waals surface area contributed by atoms with Crippen LogP contribution in [0.15, 0.2) is 30.6 Å². The van der Waals surface area contributed by atoms with E-state index in [1.54, 1.807) is 6.07 Å². The third-order valence-electron chi connectivity index (χ3n) is 3.75. The van der Waals surface area contributed by atoms with Gasteiger partial charge < -0.3 is 9.84 Å². The summed E-state index contributed by atoms with van der Waals surface area (Å²) < 4.78 is 31.9. The van der Waals surface area contributed by atoms with E-state index in [0.29, 0.717) is 5.75 Å². The van der Waals surface area contributed by atoms with Crippen LogP contribution in [-0.2, 0) is 13.0 Å². The van der Waals surface area contributed by atoms with Crippen molar-refractivity contribution in [3.8, 4) is 5.75 Å². The van der Waals surface area contributed by atoms with Crippen LogP contribution in [0.5, 0.6) is 5.75 Å². The molecule has 0 fully saturated rings. The van der Waals surface area contributed by atoms with Crippen LogP contribution in [0.25, 0.3) is 0 Å². The number of aliphatic hydroxyl groups excluding tert-OH is 1. The van der Waals surface area contributed by atoms with E-state index in [1.807, 2.05) is 12.1 Å². The van der Waals surface area contributed by atoms with Crippen molar-refractivity contribution in [2.24, 2.45) is 0 Å². The molecule has 1 unspecified atom stereocenters. The molecule has 4 nitrogen and oxygen atoms in total. The van der Waals surface area contributed by atoms with Gasteiger partial charge in [0.25, 0.3) is 0 Å². The minimum atomic E-state index is -2.63. The first-order valence-electron chi connectivity index (χ1n) is 6.89. The van der Waals surface area contributed by atoms with E-state index in [4.69, 9.17) is 4.74 Å². The lowest BCUT2D eigenvalue weighted by Crippen LogP contribution is -2.12. The Morgan fingerprint density at radius 1 is 1.43 bits per heavy atom. The predicted molar refractivity (Wildman–Crippen MR) is 72.2 cm³/mol. The number of fused-ring (bicyclic) bond motifs is 1. The monoisotopic (exact) mass is 294 g/mol. The molecule has 1 atom stereocenters. The standard InChI is InChI=1S/C15H16F2N2O2/c16-15(17)19-8-7-18-14(19)9-21-13-6-2-3-10-11(13)4-1-5-12(10)20/h2-3,6-8,12,15,20H,1,4-5,9H2. The largest absolute Gasteiger partial charge is 0.485 e. The number of nitrogens with zero attached hydrogens (tertiary/aromatic N) is 2. The van der Waals surface area contributed by atoms with E-state index >= 15 is 0 Å². The molecule has 21 heavy (non-hydrogen) atoms. The Balaban J connectivity index is 1.80. The number of aliphatic hydroxyl groups is 1. The van der Waals surface area contributed by atoms with E-state index < -0.39 is 12.7 Å². The van der Waals surface area contributed by atoms with Gasteiger partial charge >= 0.3 is 6.55 Å². The van der Waals surface area contributed by atoms with Crippen molar-refractivity contribution in [2.45, 2.75) is 38.5 Å². The van der Waals surface area contributed by atoms with Gasteiger partial charge in [0.15, 0.2) is 5.82 Å². The van der Waals surface area contributed by atoms with Crippen LogP contribution in [0.2, 0.25) is 0 Å². The third-order valence-corrected chi connectivity index (χ3v) is 3.75. The van der Waals surface area contributed by atoms with Gasteiger partial charge in [-0.3, -0.25) is 4.57 Å². The Morgan fingerprint density at radius 2 is 2.29 bits per heavy atom. The van der Waals surface area contributed by atoms with Gasteiger partial charge in [-0.05, 0) is 36.5 Å². The number of alkyl halides is 2. The molecule has 1 aromatic heterocycles. The molecule has 0 saturated carbocycles. The van der Waals surface area contributed by atoms with Crippen LogP contribution in [0, 0.1) is 0 Å². The number of benzene rings is 1. The Hall–Kier alpha value is -1.95. The molecular formula is C15H16F2N2O2. The summed E-state index contributed by atoms with van der Waals surface area (Å²) in [5.74, 6) is 0.814. The Morgan fingerprint density at radius 3 is 3.10 bits per heavy atom. The van der Waals surface area contributed by atoms with Crippen LogP contribution in [0.3, 0.4) is 0 Å². The minimum absolute atomic E-state index is 0.0239. The summed E-state index contributed by atoms with van der Waals surface area (Å²) in [6, 6.07) is 5.49. The van der Waals surface area contributed by atoms with Crippen molar-refractivity contribution in [1.82, 2.24) is 9.55 Å². The van der Waals surface area contributed by atoms with Gasteiger partial charge in [-0.1, -0.05) is 12.1 Å². The van der Waals surface area contributed by atoms with Gasteiger partial charge in [0.1, 0.15) is 12.4 Å². The number of imidazole rings is 1. The maximum atomic E-state index is 12.7. The number of hydrogen-bond donors (Lipinski definition) is 1. The molecule has 6 heteroatoms. The first-order chi connectivity index (χ1) is 10.2. The molecule has 0 saturated heterocycles.